The highest BCUT2D eigenvalue weighted by Crippen LogP contribution is 2.33. The molecule has 0 saturated carbocycles. The fourth-order valence-corrected chi connectivity index (χ4v) is 3.24. The van der Waals surface area contributed by atoms with Crippen LogP contribution in [-0.4, -0.2) is 29.6 Å². The number of hydrogen-bond donors (Lipinski definition) is 2. The van der Waals surface area contributed by atoms with E-state index in [1.165, 1.54) is 0 Å². The molecule has 0 spiro atoms. The van der Waals surface area contributed by atoms with Crippen LogP contribution in [-0.2, 0) is 9.84 Å². The van der Waals surface area contributed by atoms with E-state index in [-0.39, 0.29) is 10.8 Å². The highest BCUT2D eigenvalue weighted by atomic mass is 32.2. The molecule has 2 heterocycles. The predicted molar refractivity (Wildman–Crippen MR) is 97.4 cm³/mol. The van der Waals surface area contributed by atoms with Gasteiger partial charge in [-0.3, -0.25) is 0 Å². The number of aromatic nitrogens is 3. The zero-order valence-electron chi connectivity index (χ0n) is 13.8. The second kappa shape index (κ2) is 6.14. The maximum absolute atomic E-state index is 11.9. The number of pyridine rings is 1. The minimum Gasteiger partial charge on any atom is -0.384 e. The highest BCUT2D eigenvalue weighted by molar-refractivity contribution is 7.90. The lowest BCUT2D eigenvalue weighted by molar-refractivity contribution is 0.602. The zero-order chi connectivity index (χ0) is 18.2. The molecule has 128 valence electrons. The van der Waals surface area contributed by atoms with Gasteiger partial charge in [0.05, 0.1) is 16.3 Å². The lowest BCUT2D eigenvalue weighted by atomic mass is 9.99. The molecular formula is C17H17N5O2S. The van der Waals surface area contributed by atoms with E-state index in [1.54, 1.807) is 36.5 Å². The molecule has 2 aromatic heterocycles. The summed E-state index contributed by atoms with van der Waals surface area (Å²) in [6.07, 6.45) is 2.79. The van der Waals surface area contributed by atoms with Crippen molar-refractivity contribution in [3.05, 3.63) is 48.3 Å². The molecule has 7 nitrogen and oxygen atoms in total. The second-order valence-electron chi connectivity index (χ2n) is 5.66. The average Bonchev–Trinajstić information content (AvgIpc) is 2.55. The summed E-state index contributed by atoms with van der Waals surface area (Å²) >= 11 is 0. The maximum Gasteiger partial charge on any atom is 0.220 e. The monoisotopic (exact) mass is 355 g/mol. The summed E-state index contributed by atoms with van der Waals surface area (Å²) in [5.74, 6) is 0.516. The van der Waals surface area contributed by atoms with E-state index in [4.69, 9.17) is 11.5 Å². The van der Waals surface area contributed by atoms with E-state index >= 15 is 0 Å². The number of hydrogen-bond acceptors (Lipinski definition) is 7. The Morgan fingerprint density at radius 3 is 2.40 bits per heavy atom. The molecule has 4 N–H and O–H groups in total. The number of rotatable bonds is 3. The van der Waals surface area contributed by atoms with Crippen molar-refractivity contribution in [2.24, 2.45) is 0 Å². The first-order valence-electron chi connectivity index (χ1n) is 7.42. The Kier molecular flexibility index (Phi) is 4.13. The number of nitrogens with zero attached hydrogens (tertiary/aromatic N) is 3. The molecule has 1 aromatic carbocycles. The van der Waals surface area contributed by atoms with Gasteiger partial charge >= 0.3 is 0 Å². The third-order valence-electron chi connectivity index (χ3n) is 3.72. The first kappa shape index (κ1) is 16.8. The molecule has 0 saturated heterocycles. The Morgan fingerprint density at radius 1 is 1.00 bits per heavy atom. The van der Waals surface area contributed by atoms with Crippen LogP contribution in [0.4, 0.5) is 11.8 Å². The molecule has 0 radical (unpaired) electrons. The largest absolute Gasteiger partial charge is 0.384 e. The molecule has 0 bridgehead atoms. The standard InChI is InChI=1S/C17H17N5O2S/c1-10-15(12-6-7-14(18)20-9-12)16(22-17(19)21-10)11-4-3-5-13(8-11)25(2,23)24/h3-9H,1-2H3,(H2,18,20)(H2,19,21,22). The summed E-state index contributed by atoms with van der Waals surface area (Å²) in [6.45, 7) is 1.81. The molecule has 0 aliphatic rings. The van der Waals surface area contributed by atoms with Crippen molar-refractivity contribution in [3.63, 3.8) is 0 Å². The highest BCUT2D eigenvalue weighted by Gasteiger charge is 2.17. The average molecular weight is 355 g/mol. The van der Waals surface area contributed by atoms with Crippen LogP contribution in [0.2, 0.25) is 0 Å². The maximum atomic E-state index is 11.9. The SMILES string of the molecule is Cc1nc(N)nc(-c2cccc(S(C)(=O)=O)c2)c1-c1ccc(N)nc1. The van der Waals surface area contributed by atoms with Crippen molar-refractivity contribution in [1.29, 1.82) is 0 Å². The Morgan fingerprint density at radius 2 is 1.76 bits per heavy atom. The third-order valence-corrected chi connectivity index (χ3v) is 4.83. The van der Waals surface area contributed by atoms with Crippen LogP contribution in [0.3, 0.4) is 0 Å². The number of aryl methyl sites for hydroxylation is 1. The Labute approximate surface area is 145 Å². The lowest BCUT2D eigenvalue weighted by Gasteiger charge is -2.13. The molecule has 8 heteroatoms. The molecule has 3 rings (SSSR count). The van der Waals surface area contributed by atoms with Crippen LogP contribution in [0, 0.1) is 6.92 Å². The van der Waals surface area contributed by atoms with Gasteiger partial charge in [-0.1, -0.05) is 12.1 Å². The third kappa shape index (κ3) is 3.43. The lowest BCUT2D eigenvalue weighted by Crippen LogP contribution is -2.03. The van der Waals surface area contributed by atoms with Gasteiger partial charge in [-0.15, -0.1) is 0 Å². The summed E-state index contributed by atoms with van der Waals surface area (Å²) in [4.78, 5) is 12.9. The van der Waals surface area contributed by atoms with E-state index in [1.807, 2.05) is 13.0 Å². The minimum atomic E-state index is -3.34. The van der Waals surface area contributed by atoms with E-state index < -0.39 is 9.84 Å². The number of anilines is 2. The first-order valence-corrected chi connectivity index (χ1v) is 9.31. The first-order chi connectivity index (χ1) is 11.8. The van der Waals surface area contributed by atoms with Crippen LogP contribution in [0.1, 0.15) is 5.69 Å². The summed E-state index contributed by atoms with van der Waals surface area (Å²) < 4.78 is 23.7. The Hall–Kier alpha value is -3.00. The number of benzene rings is 1. The fourth-order valence-electron chi connectivity index (χ4n) is 2.58. The summed E-state index contributed by atoms with van der Waals surface area (Å²) in [7, 11) is -3.34. The van der Waals surface area contributed by atoms with Crippen molar-refractivity contribution < 1.29 is 8.42 Å². The molecule has 0 unspecified atom stereocenters. The summed E-state index contributed by atoms with van der Waals surface area (Å²) in [5, 5.41) is 0. The predicted octanol–water partition coefficient (Wildman–Crippen LogP) is 2.08. The van der Waals surface area contributed by atoms with E-state index in [0.717, 1.165) is 17.4 Å². The van der Waals surface area contributed by atoms with Gasteiger partial charge in [-0.2, -0.15) is 0 Å². The van der Waals surface area contributed by atoms with Gasteiger partial charge in [0.25, 0.3) is 0 Å². The van der Waals surface area contributed by atoms with Gasteiger partial charge in [0.1, 0.15) is 5.82 Å². The van der Waals surface area contributed by atoms with Crippen LogP contribution in [0.25, 0.3) is 22.4 Å². The summed E-state index contributed by atoms with van der Waals surface area (Å²) in [6, 6.07) is 10.1. The van der Waals surface area contributed by atoms with Crippen LogP contribution < -0.4 is 11.5 Å². The van der Waals surface area contributed by atoms with Crippen LogP contribution >= 0.6 is 0 Å². The molecular weight excluding hydrogens is 338 g/mol. The van der Waals surface area contributed by atoms with E-state index in [2.05, 4.69) is 15.0 Å². The van der Waals surface area contributed by atoms with Gasteiger partial charge in [-0.25, -0.2) is 23.4 Å². The molecule has 25 heavy (non-hydrogen) atoms. The van der Waals surface area contributed by atoms with Gasteiger partial charge in [-0.05, 0) is 31.2 Å². The summed E-state index contributed by atoms with van der Waals surface area (Å²) in [5.41, 5.74) is 14.8. The van der Waals surface area contributed by atoms with Crippen LogP contribution in [0.5, 0.6) is 0 Å². The topological polar surface area (TPSA) is 125 Å². The van der Waals surface area contributed by atoms with Crippen LogP contribution in [0.15, 0.2) is 47.5 Å². The fraction of sp³-hybridized carbons (Fsp3) is 0.118. The van der Waals surface area contributed by atoms with E-state index in [9.17, 15) is 8.42 Å². The number of nitrogen functional groups attached to an aromatic ring is 2. The van der Waals surface area contributed by atoms with Gasteiger partial charge in [0.15, 0.2) is 9.84 Å². The minimum absolute atomic E-state index is 0.115. The molecule has 0 aliphatic heterocycles. The Balaban J connectivity index is 2.28. The quantitative estimate of drug-likeness (QED) is 0.737. The van der Waals surface area contributed by atoms with Gasteiger partial charge in [0, 0.05) is 29.1 Å². The van der Waals surface area contributed by atoms with Crippen molar-refractivity contribution in [2.45, 2.75) is 11.8 Å². The van der Waals surface area contributed by atoms with Crippen molar-refractivity contribution in [2.75, 3.05) is 17.7 Å². The smallest absolute Gasteiger partial charge is 0.220 e. The zero-order valence-corrected chi connectivity index (χ0v) is 14.6. The van der Waals surface area contributed by atoms with Crippen molar-refractivity contribution in [1.82, 2.24) is 15.0 Å². The van der Waals surface area contributed by atoms with Crippen molar-refractivity contribution >= 4 is 21.6 Å². The second-order valence-corrected chi connectivity index (χ2v) is 7.68. The van der Waals surface area contributed by atoms with Gasteiger partial charge < -0.3 is 11.5 Å². The molecule has 0 fully saturated rings. The molecule has 0 amide bonds. The molecule has 0 atom stereocenters. The normalized spacial score (nSPS) is 11.4. The number of nitrogens with two attached hydrogens (primary N) is 2. The molecule has 3 aromatic rings. The van der Waals surface area contributed by atoms with Gasteiger partial charge in [0.2, 0.25) is 5.95 Å². The Bertz CT molecular complexity index is 1050. The molecule has 0 aliphatic carbocycles. The number of sulfone groups is 1. The van der Waals surface area contributed by atoms with E-state index in [0.29, 0.717) is 22.8 Å². The van der Waals surface area contributed by atoms with Crippen molar-refractivity contribution in [3.8, 4) is 22.4 Å².